The third kappa shape index (κ3) is 8.37. The monoisotopic (exact) mass is 191 g/mol. The Labute approximate surface area is 80.4 Å². The topological polar surface area (TPSA) is 21.3 Å². The molecule has 1 unspecified atom stereocenters. The molecule has 0 spiro atoms. The van der Waals surface area contributed by atoms with Gasteiger partial charge in [-0.15, -0.1) is 0 Å². The van der Waals surface area contributed by atoms with Crippen molar-refractivity contribution in [3.05, 3.63) is 0 Å². The molecule has 0 aromatic carbocycles. The summed E-state index contributed by atoms with van der Waals surface area (Å²) in [6.07, 6.45) is 1.60. The summed E-state index contributed by atoms with van der Waals surface area (Å²) in [6.45, 7) is 6.35. The van der Waals surface area contributed by atoms with Gasteiger partial charge in [0.05, 0.1) is 6.10 Å². The van der Waals surface area contributed by atoms with Gasteiger partial charge in [-0.25, -0.2) is 0 Å². The highest BCUT2D eigenvalue weighted by molar-refractivity contribution is 7.99. The summed E-state index contributed by atoms with van der Waals surface area (Å²) in [6, 6.07) is 0. The molecule has 0 aromatic heterocycles. The molecular formula is C9H21NOS. The summed E-state index contributed by atoms with van der Waals surface area (Å²) in [7, 11) is 1.75. The molecule has 12 heavy (non-hydrogen) atoms. The SMILES string of the molecule is CCSCCCNCC(C)OC. The van der Waals surface area contributed by atoms with Crippen LogP contribution in [0.2, 0.25) is 0 Å². The van der Waals surface area contributed by atoms with E-state index in [0.29, 0.717) is 6.10 Å². The molecule has 0 amide bonds. The van der Waals surface area contributed by atoms with Crippen molar-refractivity contribution in [1.82, 2.24) is 5.32 Å². The number of thioether (sulfide) groups is 1. The molecule has 0 bridgehead atoms. The van der Waals surface area contributed by atoms with Gasteiger partial charge in [0.2, 0.25) is 0 Å². The lowest BCUT2D eigenvalue weighted by Crippen LogP contribution is -2.26. The van der Waals surface area contributed by atoms with E-state index in [1.807, 2.05) is 11.8 Å². The summed E-state index contributed by atoms with van der Waals surface area (Å²) in [5, 5.41) is 3.36. The number of hydrogen-bond acceptors (Lipinski definition) is 3. The summed E-state index contributed by atoms with van der Waals surface area (Å²) < 4.78 is 5.11. The average molecular weight is 191 g/mol. The Morgan fingerprint density at radius 2 is 2.25 bits per heavy atom. The first-order chi connectivity index (χ1) is 5.81. The number of ether oxygens (including phenoxy) is 1. The zero-order valence-electron chi connectivity index (χ0n) is 8.43. The molecule has 0 aliphatic rings. The minimum Gasteiger partial charge on any atom is -0.380 e. The summed E-state index contributed by atoms with van der Waals surface area (Å²) in [5.74, 6) is 2.50. The van der Waals surface area contributed by atoms with Crippen LogP contribution < -0.4 is 5.32 Å². The molecule has 1 N–H and O–H groups in total. The Hall–Kier alpha value is 0.270. The maximum absolute atomic E-state index is 5.11. The maximum Gasteiger partial charge on any atom is 0.0667 e. The van der Waals surface area contributed by atoms with Crippen LogP contribution in [0.5, 0.6) is 0 Å². The van der Waals surface area contributed by atoms with Gasteiger partial charge in [0, 0.05) is 13.7 Å². The molecule has 0 heterocycles. The van der Waals surface area contributed by atoms with Crippen molar-refractivity contribution in [2.75, 3.05) is 31.7 Å². The van der Waals surface area contributed by atoms with Gasteiger partial charge >= 0.3 is 0 Å². The minimum absolute atomic E-state index is 0.337. The lowest BCUT2D eigenvalue weighted by molar-refractivity contribution is 0.117. The third-order valence-electron chi connectivity index (χ3n) is 1.68. The number of rotatable bonds is 8. The van der Waals surface area contributed by atoms with E-state index in [0.717, 1.165) is 13.1 Å². The van der Waals surface area contributed by atoms with Crippen LogP contribution >= 0.6 is 11.8 Å². The van der Waals surface area contributed by atoms with Crippen LogP contribution in [0, 0.1) is 0 Å². The fourth-order valence-electron chi connectivity index (χ4n) is 0.832. The second kappa shape index (κ2) is 9.36. The summed E-state index contributed by atoms with van der Waals surface area (Å²) >= 11 is 2.00. The first-order valence-electron chi connectivity index (χ1n) is 4.62. The van der Waals surface area contributed by atoms with Crippen LogP contribution in [-0.4, -0.2) is 37.8 Å². The van der Waals surface area contributed by atoms with E-state index < -0.39 is 0 Å². The molecule has 74 valence electrons. The quantitative estimate of drug-likeness (QED) is 0.591. The molecule has 0 aliphatic heterocycles. The van der Waals surface area contributed by atoms with Gasteiger partial charge in [-0.1, -0.05) is 6.92 Å². The molecule has 0 saturated heterocycles. The van der Waals surface area contributed by atoms with E-state index in [4.69, 9.17) is 4.74 Å². The Morgan fingerprint density at radius 1 is 1.50 bits per heavy atom. The van der Waals surface area contributed by atoms with Crippen molar-refractivity contribution < 1.29 is 4.74 Å². The first-order valence-corrected chi connectivity index (χ1v) is 5.78. The largest absolute Gasteiger partial charge is 0.380 e. The molecule has 0 fully saturated rings. The van der Waals surface area contributed by atoms with Crippen molar-refractivity contribution in [2.45, 2.75) is 26.4 Å². The highest BCUT2D eigenvalue weighted by Gasteiger charge is 1.96. The molecule has 0 saturated carbocycles. The van der Waals surface area contributed by atoms with E-state index in [9.17, 15) is 0 Å². The van der Waals surface area contributed by atoms with E-state index in [2.05, 4.69) is 19.2 Å². The van der Waals surface area contributed by atoms with Crippen LogP contribution in [0.4, 0.5) is 0 Å². The molecule has 0 aliphatic carbocycles. The second-order valence-electron chi connectivity index (χ2n) is 2.80. The Balaban J connectivity index is 2.90. The van der Waals surface area contributed by atoms with E-state index in [1.54, 1.807) is 7.11 Å². The normalized spacial score (nSPS) is 13.2. The standard InChI is InChI=1S/C9H21NOS/c1-4-12-7-5-6-10-8-9(2)11-3/h9-10H,4-8H2,1-3H3. The number of nitrogens with one attached hydrogen (secondary N) is 1. The maximum atomic E-state index is 5.11. The van der Waals surface area contributed by atoms with Gasteiger partial charge < -0.3 is 10.1 Å². The number of methoxy groups -OCH3 is 1. The van der Waals surface area contributed by atoms with Crippen molar-refractivity contribution in [2.24, 2.45) is 0 Å². The predicted molar refractivity (Wildman–Crippen MR) is 57.0 cm³/mol. The van der Waals surface area contributed by atoms with Gasteiger partial charge in [0.1, 0.15) is 0 Å². The van der Waals surface area contributed by atoms with Crippen molar-refractivity contribution >= 4 is 11.8 Å². The van der Waals surface area contributed by atoms with Gasteiger partial charge in [0.15, 0.2) is 0 Å². The summed E-state index contributed by atoms with van der Waals surface area (Å²) in [5.41, 5.74) is 0. The lowest BCUT2D eigenvalue weighted by atomic mass is 10.4. The van der Waals surface area contributed by atoms with Gasteiger partial charge in [-0.2, -0.15) is 11.8 Å². The zero-order chi connectivity index (χ0) is 9.23. The lowest BCUT2D eigenvalue weighted by Gasteiger charge is -2.09. The van der Waals surface area contributed by atoms with Crippen LogP contribution in [-0.2, 0) is 4.74 Å². The van der Waals surface area contributed by atoms with E-state index >= 15 is 0 Å². The third-order valence-corrected chi connectivity index (χ3v) is 2.67. The molecule has 0 rings (SSSR count). The summed E-state index contributed by atoms with van der Waals surface area (Å²) in [4.78, 5) is 0. The highest BCUT2D eigenvalue weighted by Crippen LogP contribution is 1.99. The molecular weight excluding hydrogens is 170 g/mol. The molecule has 0 aromatic rings. The Morgan fingerprint density at radius 3 is 2.83 bits per heavy atom. The van der Waals surface area contributed by atoms with Crippen LogP contribution in [0.15, 0.2) is 0 Å². The van der Waals surface area contributed by atoms with Crippen molar-refractivity contribution in [3.8, 4) is 0 Å². The second-order valence-corrected chi connectivity index (χ2v) is 4.19. The van der Waals surface area contributed by atoms with E-state index in [1.165, 1.54) is 17.9 Å². The Kier molecular flexibility index (Phi) is 9.57. The smallest absolute Gasteiger partial charge is 0.0667 e. The highest BCUT2D eigenvalue weighted by atomic mass is 32.2. The van der Waals surface area contributed by atoms with Gasteiger partial charge in [-0.3, -0.25) is 0 Å². The molecule has 1 atom stereocenters. The number of hydrogen-bond donors (Lipinski definition) is 1. The van der Waals surface area contributed by atoms with E-state index in [-0.39, 0.29) is 0 Å². The van der Waals surface area contributed by atoms with Crippen molar-refractivity contribution in [3.63, 3.8) is 0 Å². The van der Waals surface area contributed by atoms with Crippen LogP contribution in [0.1, 0.15) is 20.3 Å². The Bertz CT molecular complexity index is 90.6. The van der Waals surface area contributed by atoms with Gasteiger partial charge in [0.25, 0.3) is 0 Å². The van der Waals surface area contributed by atoms with Crippen molar-refractivity contribution in [1.29, 1.82) is 0 Å². The predicted octanol–water partition coefficient (Wildman–Crippen LogP) is 1.75. The fraction of sp³-hybridized carbons (Fsp3) is 1.00. The average Bonchev–Trinajstić information content (AvgIpc) is 2.10. The minimum atomic E-state index is 0.337. The van der Waals surface area contributed by atoms with Crippen LogP contribution in [0.3, 0.4) is 0 Å². The fourth-order valence-corrected chi connectivity index (χ4v) is 1.47. The zero-order valence-corrected chi connectivity index (χ0v) is 9.25. The first kappa shape index (κ1) is 12.3. The molecule has 0 radical (unpaired) electrons. The molecule has 3 heteroatoms. The van der Waals surface area contributed by atoms with Crippen LogP contribution in [0.25, 0.3) is 0 Å². The molecule has 2 nitrogen and oxygen atoms in total. The van der Waals surface area contributed by atoms with Gasteiger partial charge in [-0.05, 0) is 31.4 Å².